The third kappa shape index (κ3) is 1.12. The summed E-state index contributed by atoms with van der Waals surface area (Å²) in [6, 6.07) is 5.42. The molecule has 0 aromatic heterocycles. The highest BCUT2D eigenvalue weighted by Gasteiger charge is 2.40. The Balaban J connectivity index is 2.60. The number of hydroxylamine groups is 1. The highest BCUT2D eigenvalue weighted by atomic mass is 19.3. The molecule has 1 aromatic carbocycles. The molecule has 0 radical (unpaired) electrons. The van der Waals surface area contributed by atoms with Crippen LogP contribution in [0.25, 0.3) is 0 Å². The van der Waals surface area contributed by atoms with Gasteiger partial charge in [-0.05, 0) is 18.2 Å². The lowest BCUT2D eigenvalue weighted by molar-refractivity contribution is 0.0153. The van der Waals surface area contributed by atoms with Crippen LogP contribution in [-0.2, 0) is 5.92 Å². The van der Waals surface area contributed by atoms with E-state index in [4.69, 9.17) is 5.26 Å². The normalized spacial score (nSPS) is 17.7. The quantitative estimate of drug-likeness (QED) is 0.635. The summed E-state index contributed by atoms with van der Waals surface area (Å²) in [5.74, 6) is -3.15. The van der Waals surface area contributed by atoms with Crippen LogP contribution < -0.4 is 5.06 Å². The Hall–Kier alpha value is -1.67. The van der Waals surface area contributed by atoms with Crippen molar-refractivity contribution in [1.82, 2.24) is 0 Å². The van der Waals surface area contributed by atoms with Crippen molar-refractivity contribution in [3.05, 3.63) is 34.5 Å². The second kappa shape index (κ2) is 2.66. The molecule has 2 rings (SSSR count). The summed E-state index contributed by atoms with van der Waals surface area (Å²) in [4.78, 5) is 0. The molecule has 0 amide bonds. The molecule has 1 aliphatic heterocycles. The lowest BCUT2D eigenvalue weighted by Gasteiger charge is -2.24. The zero-order chi connectivity index (χ0) is 10.3. The third-order valence-corrected chi connectivity index (χ3v) is 2.13. The molecule has 1 heterocycles. The first-order chi connectivity index (χ1) is 6.54. The third-order valence-electron chi connectivity index (χ3n) is 2.13. The van der Waals surface area contributed by atoms with Crippen molar-refractivity contribution >= 4 is 5.69 Å². The van der Waals surface area contributed by atoms with Gasteiger partial charge in [0.15, 0.2) is 0 Å². The Morgan fingerprint density at radius 3 is 2.86 bits per heavy atom. The number of fused-ring (bicyclic) bond motifs is 1. The molecule has 1 aliphatic rings. The van der Waals surface area contributed by atoms with Crippen LogP contribution in [0, 0.1) is 16.5 Å². The smallest absolute Gasteiger partial charge is 0.291 e. The Labute approximate surface area is 78.8 Å². The summed E-state index contributed by atoms with van der Waals surface area (Å²) in [6.07, 6.45) is 0. The van der Waals surface area contributed by atoms with Gasteiger partial charge in [-0.25, -0.2) is 0 Å². The molecule has 0 unspecified atom stereocenters. The van der Waals surface area contributed by atoms with E-state index < -0.39 is 12.5 Å². The van der Waals surface area contributed by atoms with E-state index in [1.165, 1.54) is 12.1 Å². The first kappa shape index (κ1) is 8.91. The first-order valence-electron chi connectivity index (χ1n) is 3.92. The summed E-state index contributed by atoms with van der Waals surface area (Å²) in [5.41, 5.74) is -0.265. The molecular weight excluding hydrogens is 190 g/mol. The van der Waals surface area contributed by atoms with E-state index in [1.54, 1.807) is 6.07 Å². The second-order valence-electron chi connectivity index (χ2n) is 3.08. The summed E-state index contributed by atoms with van der Waals surface area (Å²) >= 11 is 0. The van der Waals surface area contributed by atoms with Crippen molar-refractivity contribution in [3.63, 3.8) is 0 Å². The van der Waals surface area contributed by atoms with Gasteiger partial charge in [-0.2, -0.15) is 14.0 Å². The van der Waals surface area contributed by atoms with Crippen molar-refractivity contribution in [2.24, 2.45) is 0 Å². The van der Waals surface area contributed by atoms with E-state index in [1.807, 2.05) is 0 Å². The Morgan fingerprint density at radius 1 is 1.50 bits per heavy atom. The summed E-state index contributed by atoms with van der Waals surface area (Å²) in [6.45, 7) is -0.864. The fourth-order valence-electron chi connectivity index (χ4n) is 1.47. The number of nitriles is 1. The fourth-order valence-corrected chi connectivity index (χ4v) is 1.47. The molecule has 0 saturated carbocycles. The number of alkyl halides is 2. The average Bonchev–Trinajstić information content (AvgIpc) is 2.37. The number of halogens is 2. The maximum Gasteiger partial charge on any atom is 0.291 e. The number of rotatable bonds is 0. The molecule has 0 saturated heterocycles. The van der Waals surface area contributed by atoms with E-state index in [2.05, 4.69) is 0 Å². The van der Waals surface area contributed by atoms with Crippen LogP contribution in [0.2, 0.25) is 0 Å². The van der Waals surface area contributed by atoms with Gasteiger partial charge in [0.25, 0.3) is 5.92 Å². The molecule has 0 atom stereocenters. The van der Waals surface area contributed by atoms with Gasteiger partial charge in [-0.3, -0.25) is 0 Å². The van der Waals surface area contributed by atoms with Crippen molar-refractivity contribution in [3.8, 4) is 6.07 Å². The number of hydrogen-bond donors (Lipinski definition) is 0. The minimum atomic E-state index is -3.15. The van der Waals surface area contributed by atoms with Crippen LogP contribution in [0.15, 0.2) is 18.2 Å². The van der Waals surface area contributed by atoms with E-state index in [0.717, 1.165) is 6.07 Å². The van der Waals surface area contributed by atoms with Gasteiger partial charge in [0.05, 0.1) is 18.2 Å². The van der Waals surface area contributed by atoms with Gasteiger partial charge in [0, 0.05) is 11.3 Å². The zero-order valence-electron chi connectivity index (χ0n) is 7.00. The predicted molar refractivity (Wildman–Crippen MR) is 45.8 cm³/mol. The van der Waals surface area contributed by atoms with Crippen LogP contribution >= 0.6 is 0 Å². The maximum atomic E-state index is 13.2. The standard InChI is InChI=1S/C9H5F2N2O/c10-9(11)5-13(14)8-2-1-6(4-12)3-7(8)9/h1-3H,5H2/q-1. The van der Waals surface area contributed by atoms with Crippen molar-refractivity contribution in [2.45, 2.75) is 5.92 Å². The summed E-state index contributed by atoms with van der Waals surface area (Å²) < 4.78 is 26.3. The molecule has 3 nitrogen and oxygen atoms in total. The van der Waals surface area contributed by atoms with E-state index in [9.17, 15) is 14.0 Å². The highest BCUT2D eigenvalue weighted by molar-refractivity contribution is 5.63. The predicted octanol–water partition coefficient (Wildman–Crippen LogP) is 1.97. The van der Waals surface area contributed by atoms with Crippen molar-refractivity contribution in [2.75, 3.05) is 11.6 Å². The van der Waals surface area contributed by atoms with Gasteiger partial charge < -0.3 is 10.3 Å². The maximum absolute atomic E-state index is 13.2. The van der Waals surface area contributed by atoms with Gasteiger partial charge in [0.2, 0.25) is 0 Å². The van der Waals surface area contributed by atoms with Gasteiger partial charge in [-0.1, -0.05) is 0 Å². The van der Waals surface area contributed by atoms with E-state index in [0.29, 0.717) is 0 Å². The minimum Gasteiger partial charge on any atom is -0.758 e. The average molecular weight is 195 g/mol. The van der Waals surface area contributed by atoms with Gasteiger partial charge in [-0.15, -0.1) is 0 Å². The van der Waals surface area contributed by atoms with Crippen LogP contribution in [-0.4, -0.2) is 6.54 Å². The van der Waals surface area contributed by atoms with Gasteiger partial charge in [0.1, 0.15) is 0 Å². The molecule has 0 bridgehead atoms. The van der Waals surface area contributed by atoms with Crippen molar-refractivity contribution < 1.29 is 8.78 Å². The lowest BCUT2D eigenvalue weighted by atomic mass is 10.1. The Bertz CT molecular complexity index is 425. The van der Waals surface area contributed by atoms with Crippen LogP contribution in [0.4, 0.5) is 14.5 Å². The summed E-state index contributed by atoms with van der Waals surface area (Å²) in [7, 11) is 0. The number of nitrogens with zero attached hydrogens (tertiary/aromatic N) is 2. The number of benzene rings is 1. The molecule has 0 fully saturated rings. The van der Waals surface area contributed by atoms with Crippen LogP contribution in [0.3, 0.4) is 0 Å². The van der Waals surface area contributed by atoms with Crippen LogP contribution in [0.5, 0.6) is 0 Å². The number of anilines is 1. The molecule has 0 spiro atoms. The van der Waals surface area contributed by atoms with E-state index >= 15 is 0 Å². The SMILES string of the molecule is N#Cc1ccc2c(c1)C(F)(F)CN2[O-]. The van der Waals surface area contributed by atoms with Crippen molar-refractivity contribution in [1.29, 1.82) is 5.26 Å². The molecular formula is C9H5F2N2O-. The molecule has 14 heavy (non-hydrogen) atoms. The first-order valence-corrected chi connectivity index (χ1v) is 3.92. The zero-order valence-corrected chi connectivity index (χ0v) is 7.00. The summed E-state index contributed by atoms with van der Waals surface area (Å²) in [5, 5.41) is 19.8. The van der Waals surface area contributed by atoms with Crippen LogP contribution in [0.1, 0.15) is 11.1 Å². The van der Waals surface area contributed by atoms with E-state index in [-0.39, 0.29) is 21.9 Å². The molecule has 0 aliphatic carbocycles. The Morgan fingerprint density at radius 2 is 2.21 bits per heavy atom. The molecule has 0 N–H and O–H groups in total. The topological polar surface area (TPSA) is 50.1 Å². The largest absolute Gasteiger partial charge is 0.758 e. The fraction of sp³-hybridized carbons (Fsp3) is 0.222. The monoisotopic (exact) mass is 195 g/mol. The lowest BCUT2D eigenvalue weighted by Crippen LogP contribution is -2.21. The molecule has 1 aromatic rings. The molecule has 72 valence electrons. The Kier molecular flexibility index (Phi) is 1.69. The highest BCUT2D eigenvalue weighted by Crippen LogP contribution is 2.42. The minimum absolute atomic E-state index is 0.0472. The van der Waals surface area contributed by atoms with Gasteiger partial charge >= 0.3 is 0 Å². The molecule has 5 heteroatoms. The number of hydrogen-bond acceptors (Lipinski definition) is 3. The second-order valence-corrected chi connectivity index (χ2v) is 3.08.